The molecule has 2 heteroatoms. The molecular formula is C6H10O2. The number of ether oxygens (including phenoxy) is 2. The summed E-state index contributed by atoms with van der Waals surface area (Å²) >= 11 is 0. The van der Waals surface area contributed by atoms with Crippen molar-refractivity contribution in [1.82, 2.24) is 0 Å². The van der Waals surface area contributed by atoms with Gasteiger partial charge < -0.3 is 9.47 Å². The minimum Gasteiger partial charge on any atom is -0.475 e. The number of hydrogen-bond donors (Lipinski definition) is 0. The predicted octanol–water partition coefficient (Wildman–Crippen LogP) is 1.31. The molecule has 0 spiro atoms. The first-order valence-corrected chi connectivity index (χ1v) is 2.30. The Morgan fingerprint density at radius 2 is 2.38 bits per heavy atom. The van der Waals surface area contributed by atoms with Crippen LogP contribution < -0.4 is 0 Å². The summed E-state index contributed by atoms with van der Waals surface area (Å²) in [7, 11) is 1.57. The number of rotatable bonds is 4. The van der Waals surface area contributed by atoms with Crippen molar-refractivity contribution >= 4 is 0 Å². The number of allylic oxidation sites excluding steroid dienone is 2. The zero-order valence-electron chi connectivity index (χ0n) is 4.96. The first-order chi connectivity index (χ1) is 3.91. The van der Waals surface area contributed by atoms with Crippen LogP contribution in [0.2, 0.25) is 0 Å². The van der Waals surface area contributed by atoms with E-state index in [2.05, 4.69) is 11.3 Å². The van der Waals surface area contributed by atoms with E-state index in [1.54, 1.807) is 19.3 Å². The molecular weight excluding hydrogens is 104 g/mol. The normalized spacial score (nSPS) is 9.62. The van der Waals surface area contributed by atoms with Crippen LogP contribution in [0.1, 0.15) is 0 Å². The number of methoxy groups -OCH3 is 1. The molecule has 0 aromatic heterocycles. The van der Waals surface area contributed by atoms with E-state index < -0.39 is 0 Å². The van der Waals surface area contributed by atoms with Gasteiger partial charge in [-0.05, 0) is 6.08 Å². The highest BCUT2D eigenvalue weighted by Gasteiger charge is 1.69. The second-order valence-corrected chi connectivity index (χ2v) is 1.14. The van der Waals surface area contributed by atoms with E-state index in [1.807, 2.05) is 0 Å². The lowest BCUT2D eigenvalue weighted by atomic mass is 10.6. The fourth-order valence-corrected chi connectivity index (χ4v) is 0.218. The van der Waals surface area contributed by atoms with Gasteiger partial charge in [0.1, 0.15) is 0 Å². The Bertz CT molecular complexity index is 76.6. The molecule has 0 saturated carbocycles. The lowest BCUT2D eigenvalue weighted by molar-refractivity contribution is 0.0199. The maximum Gasteiger partial charge on any atom is 0.187 e. The van der Waals surface area contributed by atoms with E-state index >= 15 is 0 Å². The molecule has 0 atom stereocenters. The van der Waals surface area contributed by atoms with Gasteiger partial charge in [-0.1, -0.05) is 12.7 Å². The highest BCUT2D eigenvalue weighted by atomic mass is 16.7. The van der Waals surface area contributed by atoms with Crippen molar-refractivity contribution < 1.29 is 9.47 Å². The Morgan fingerprint density at radius 1 is 1.62 bits per heavy atom. The molecule has 0 radical (unpaired) electrons. The molecule has 0 unspecified atom stereocenters. The van der Waals surface area contributed by atoms with Gasteiger partial charge in [-0.2, -0.15) is 0 Å². The fourth-order valence-electron chi connectivity index (χ4n) is 0.218. The van der Waals surface area contributed by atoms with Crippen LogP contribution in [-0.4, -0.2) is 13.9 Å². The predicted molar refractivity (Wildman–Crippen MR) is 32.3 cm³/mol. The molecule has 0 amide bonds. The summed E-state index contributed by atoms with van der Waals surface area (Å²) in [4.78, 5) is 0. The van der Waals surface area contributed by atoms with Crippen LogP contribution in [0.25, 0.3) is 0 Å². The Hall–Kier alpha value is -0.760. The van der Waals surface area contributed by atoms with Crippen molar-refractivity contribution in [2.45, 2.75) is 0 Å². The molecule has 2 nitrogen and oxygen atoms in total. The summed E-state index contributed by atoms with van der Waals surface area (Å²) in [6.07, 6.45) is 4.85. The molecule has 46 valence electrons. The summed E-state index contributed by atoms with van der Waals surface area (Å²) < 4.78 is 9.33. The van der Waals surface area contributed by atoms with E-state index in [4.69, 9.17) is 4.74 Å². The van der Waals surface area contributed by atoms with Gasteiger partial charge in [0.2, 0.25) is 0 Å². The van der Waals surface area contributed by atoms with E-state index in [-0.39, 0.29) is 0 Å². The minimum absolute atomic E-state index is 0.296. The van der Waals surface area contributed by atoms with E-state index in [1.165, 1.54) is 6.26 Å². The topological polar surface area (TPSA) is 18.5 Å². The van der Waals surface area contributed by atoms with Crippen LogP contribution >= 0.6 is 0 Å². The van der Waals surface area contributed by atoms with E-state index in [9.17, 15) is 0 Å². The monoisotopic (exact) mass is 114 g/mol. The molecule has 0 bridgehead atoms. The largest absolute Gasteiger partial charge is 0.475 e. The van der Waals surface area contributed by atoms with Gasteiger partial charge in [-0.15, -0.1) is 0 Å². The average molecular weight is 114 g/mol. The van der Waals surface area contributed by atoms with Gasteiger partial charge in [-0.25, -0.2) is 0 Å². The molecule has 0 N–H and O–H groups in total. The lowest BCUT2D eigenvalue weighted by Gasteiger charge is -1.93. The van der Waals surface area contributed by atoms with Crippen molar-refractivity contribution in [2.75, 3.05) is 13.9 Å². The van der Waals surface area contributed by atoms with Crippen LogP contribution in [0.3, 0.4) is 0 Å². The van der Waals surface area contributed by atoms with E-state index in [0.717, 1.165) is 0 Å². The molecule has 0 fully saturated rings. The molecule has 8 heavy (non-hydrogen) atoms. The van der Waals surface area contributed by atoms with Crippen molar-refractivity contribution in [1.29, 1.82) is 0 Å². The highest BCUT2D eigenvalue weighted by Crippen LogP contribution is 1.76. The summed E-state index contributed by atoms with van der Waals surface area (Å²) in [5, 5.41) is 0. The molecule has 0 aliphatic carbocycles. The van der Waals surface area contributed by atoms with Crippen LogP contribution in [0, 0.1) is 0 Å². The van der Waals surface area contributed by atoms with Gasteiger partial charge in [0.05, 0.1) is 6.26 Å². The second-order valence-electron chi connectivity index (χ2n) is 1.14. The van der Waals surface area contributed by atoms with Crippen molar-refractivity contribution in [2.24, 2.45) is 0 Å². The number of hydrogen-bond acceptors (Lipinski definition) is 2. The van der Waals surface area contributed by atoms with Gasteiger partial charge >= 0.3 is 0 Å². The summed E-state index contributed by atoms with van der Waals surface area (Å²) in [6.45, 7) is 3.75. The third-order valence-corrected chi connectivity index (χ3v) is 0.497. The second kappa shape index (κ2) is 6.24. The SMILES string of the molecule is C=CC=COCOC. The fraction of sp³-hybridized carbons (Fsp3) is 0.333. The van der Waals surface area contributed by atoms with E-state index in [0.29, 0.717) is 6.79 Å². The van der Waals surface area contributed by atoms with Crippen molar-refractivity contribution in [3.63, 3.8) is 0 Å². The highest BCUT2D eigenvalue weighted by molar-refractivity contribution is 4.92. The van der Waals surface area contributed by atoms with Crippen LogP contribution in [0.15, 0.2) is 25.0 Å². The Kier molecular flexibility index (Phi) is 5.65. The van der Waals surface area contributed by atoms with Gasteiger partial charge in [0.25, 0.3) is 0 Å². The van der Waals surface area contributed by atoms with Crippen LogP contribution in [0.5, 0.6) is 0 Å². The first-order valence-electron chi connectivity index (χ1n) is 2.30. The van der Waals surface area contributed by atoms with Crippen molar-refractivity contribution in [3.8, 4) is 0 Å². The zero-order chi connectivity index (χ0) is 6.24. The Morgan fingerprint density at radius 3 is 2.88 bits per heavy atom. The maximum atomic E-state index is 4.75. The smallest absolute Gasteiger partial charge is 0.187 e. The minimum atomic E-state index is 0.296. The third kappa shape index (κ3) is 5.24. The molecule has 0 rings (SSSR count). The maximum absolute atomic E-state index is 4.75. The summed E-state index contributed by atoms with van der Waals surface area (Å²) in [5.41, 5.74) is 0. The average Bonchev–Trinajstić information content (AvgIpc) is 1.81. The van der Waals surface area contributed by atoms with Crippen LogP contribution in [-0.2, 0) is 9.47 Å². The first kappa shape index (κ1) is 7.24. The Labute approximate surface area is 49.4 Å². The molecule has 0 aromatic carbocycles. The van der Waals surface area contributed by atoms with Gasteiger partial charge in [-0.3, -0.25) is 0 Å². The molecule has 0 aromatic rings. The zero-order valence-corrected chi connectivity index (χ0v) is 4.96. The third-order valence-electron chi connectivity index (χ3n) is 0.497. The lowest BCUT2D eigenvalue weighted by Crippen LogP contribution is -1.87. The molecule has 0 saturated heterocycles. The molecule has 0 aliphatic rings. The Balaban J connectivity index is 2.91. The standard InChI is InChI=1S/C6H10O2/c1-3-4-5-8-6-7-2/h3-5H,1,6H2,2H3. The van der Waals surface area contributed by atoms with Gasteiger partial charge in [0.15, 0.2) is 6.79 Å². The molecule has 0 heterocycles. The quantitative estimate of drug-likeness (QED) is 0.237. The summed E-state index contributed by atoms with van der Waals surface area (Å²) in [6, 6.07) is 0. The van der Waals surface area contributed by atoms with Gasteiger partial charge in [0, 0.05) is 7.11 Å². The van der Waals surface area contributed by atoms with Crippen LogP contribution in [0.4, 0.5) is 0 Å². The molecule has 0 aliphatic heterocycles. The van der Waals surface area contributed by atoms with Crippen molar-refractivity contribution in [3.05, 3.63) is 25.0 Å². The summed E-state index contributed by atoms with van der Waals surface area (Å²) in [5.74, 6) is 0.